The van der Waals surface area contributed by atoms with Crippen LogP contribution in [0.5, 0.6) is 0 Å². The van der Waals surface area contributed by atoms with Crippen LogP contribution >= 0.6 is 0 Å². The lowest BCUT2D eigenvalue weighted by Gasteiger charge is -2.35. The van der Waals surface area contributed by atoms with E-state index in [0.29, 0.717) is 0 Å². The van der Waals surface area contributed by atoms with Gasteiger partial charge < -0.3 is 18.9 Å². The third-order valence-corrected chi connectivity index (χ3v) is 4.98. The molecule has 1 aliphatic rings. The van der Waals surface area contributed by atoms with Crippen molar-refractivity contribution in [2.45, 2.75) is 64.8 Å². The van der Waals surface area contributed by atoms with Crippen LogP contribution < -0.4 is 0 Å². The molecular formula is C19H28O7Si. The summed E-state index contributed by atoms with van der Waals surface area (Å²) in [6.07, 6.45) is -0.796. The molecule has 1 unspecified atom stereocenters. The molecule has 0 fully saturated rings. The average Bonchev–Trinajstić information content (AvgIpc) is 2.49. The summed E-state index contributed by atoms with van der Waals surface area (Å²) in [4.78, 5) is 34.2. The molecule has 0 aromatic carbocycles. The minimum Gasteiger partial charge on any atom is -0.463 e. The fourth-order valence-electron chi connectivity index (χ4n) is 2.64. The summed E-state index contributed by atoms with van der Waals surface area (Å²) in [5.41, 5.74) is 3.65. The molecule has 3 atom stereocenters. The van der Waals surface area contributed by atoms with Gasteiger partial charge in [-0.3, -0.25) is 14.4 Å². The van der Waals surface area contributed by atoms with Crippen molar-refractivity contribution in [3.05, 3.63) is 29.7 Å². The third kappa shape index (κ3) is 7.95. The number of carbonyl (C=O) groups excluding carboxylic acids is 3. The van der Waals surface area contributed by atoms with Crippen LogP contribution in [0.25, 0.3) is 0 Å². The number of carbonyl (C=O) groups is 3. The first-order valence-corrected chi connectivity index (χ1v) is 12.4. The Hall–Kier alpha value is -2.15. The quantitative estimate of drug-likeness (QED) is 0.283. The lowest BCUT2D eigenvalue weighted by Crippen LogP contribution is -2.45. The Morgan fingerprint density at radius 2 is 1.78 bits per heavy atom. The molecule has 0 aliphatic carbocycles. The van der Waals surface area contributed by atoms with Crippen LogP contribution in [0, 0.1) is 0 Å². The van der Waals surface area contributed by atoms with Gasteiger partial charge >= 0.3 is 17.9 Å². The second kappa shape index (κ2) is 9.69. The molecule has 1 aliphatic heterocycles. The smallest absolute Gasteiger partial charge is 0.307 e. The summed E-state index contributed by atoms with van der Waals surface area (Å²) in [7, 11) is -1.55. The van der Waals surface area contributed by atoms with Crippen LogP contribution in [-0.2, 0) is 33.3 Å². The van der Waals surface area contributed by atoms with Gasteiger partial charge in [0.15, 0.2) is 6.10 Å². The van der Waals surface area contributed by atoms with Gasteiger partial charge in [0.1, 0.15) is 24.6 Å². The van der Waals surface area contributed by atoms with Crippen LogP contribution in [-0.4, -0.2) is 50.9 Å². The van der Waals surface area contributed by atoms with E-state index in [1.54, 1.807) is 0 Å². The Morgan fingerprint density at radius 3 is 2.22 bits per heavy atom. The van der Waals surface area contributed by atoms with E-state index in [2.05, 4.69) is 32.0 Å². The largest absolute Gasteiger partial charge is 0.463 e. The Balaban J connectivity index is 3.27. The Bertz CT molecular complexity index is 668. The van der Waals surface area contributed by atoms with Gasteiger partial charge in [-0.1, -0.05) is 26.2 Å². The summed E-state index contributed by atoms with van der Waals surface area (Å²) >= 11 is 0. The number of rotatable bonds is 7. The van der Waals surface area contributed by atoms with Crippen LogP contribution in [0.15, 0.2) is 29.7 Å². The van der Waals surface area contributed by atoms with Crippen molar-refractivity contribution in [1.29, 1.82) is 0 Å². The van der Waals surface area contributed by atoms with Gasteiger partial charge in [-0.2, -0.15) is 0 Å². The monoisotopic (exact) mass is 396 g/mol. The lowest BCUT2D eigenvalue weighted by molar-refractivity contribution is -0.166. The highest BCUT2D eigenvalue weighted by Crippen LogP contribution is 2.31. The van der Waals surface area contributed by atoms with Gasteiger partial charge in [0, 0.05) is 40.5 Å². The first-order chi connectivity index (χ1) is 12.4. The van der Waals surface area contributed by atoms with E-state index in [9.17, 15) is 14.4 Å². The first kappa shape index (κ1) is 22.9. The highest BCUT2D eigenvalue weighted by Gasteiger charge is 2.39. The molecule has 27 heavy (non-hydrogen) atoms. The highest BCUT2D eigenvalue weighted by molar-refractivity contribution is 6.76. The van der Waals surface area contributed by atoms with Crippen LogP contribution in [0.2, 0.25) is 25.7 Å². The molecular weight excluding hydrogens is 368 g/mol. The zero-order valence-corrected chi connectivity index (χ0v) is 17.8. The molecule has 1 heterocycles. The minimum atomic E-state index is -1.55. The van der Waals surface area contributed by atoms with Gasteiger partial charge in [0.05, 0.1) is 0 Å². The standard InChI is InChI=1S/C19H28O7Si/c1-8-15(11-27(5,6)7)19-17(25-14(4)22)9-16(24-13(3)21)18(26-19)10-23-12(2)20/h9,16,18-19H,1,10-11H2,2-7H3/t16-,18?,19+/m0/s1. The second-order valence-corrected chi connectivity index (χ2v) is 13.0. The van der Waals surface area contributed by atoms with E-state index in [-0.39, 0.29) is 12.4 Å². The van der Waals surface area contributed by atoms with E-state index < -0.39 is 44.3 Å². The highest BCUT2D eigenvalue weighted by atomic mass is 28.3. The summed E-state index contributed by atoms with van der Waals surface area (Å²) in [6.45, 7) is 14.0. The van der Waals surface area contributed by atoms with Gasteiger partial charge in [-0.25, -0.2) is 0 Å². The van der Waals surface area contributed by atoms with E-state index >= 15 is 0 Å². The van der Waals surface area contributed by atoms with E-state index in [4.69, 9.17) is 18.9 Å². The van der Waals surface area contributed by atoms with Gasteiger partial charge in [-0.05, 0) is 6.04 Å². The molecule has 0 saturated carbocycles. The number of esters is 3. The zero-order valence-electron chi connectivity index (χ0n) is 16.8. The molecule has 0 saturated heterocycles. The predicted octanol–water partition coefficient (Wildman–Crippen LogP) is 2.75. The molecule has 0 N–H and O–H groups in total. The Labute approximate surface area is 161 Å². The number of ether oxygens (including phenoxy) is 4. The summed E-state index contributed by atoms with van der Waals surface area (Å²) < 4.78 is 21.7. The minimum absolute atomic E-state index is 0.106. The van der Waals surface area contributed by atoms with Gasteiger partial charge in [0.2, 0.25) is 0 Å². The van der Waals surface area contributed by atoms with Crippen molar-refractivity contribution in [2.24, 2.45) is 0 Å². The maximum absolute atomic E-state index is 11.5. The normalized spacial score (nSPS) is 22.1. The molecule has 0 radical (unpaired) electrons. The first-order valence-electron chi connectivity index (χ1n) is 8.68. The molecule has 150 valence electrons. The maximum atomic E-state index is 11.5. The van der Waals surface area contributed by atoms with E-state index in [1.165, 1.54) is 26.8 Å². The summed E-state index contributed by atoms with van der Waals surface area (Å²) in [6, 6.07) is 0.721. The van der Waals surface area contributed by atoms with Gasteiger partial charge in [0.25, 0.3) is 0 Å². The zero-order chi connectivity index (χ0) is 20.8. The van der Waals surface area contributed by atoms with Gasteiger partial charge in [-0.15, -0.1) is 5.73 Å². The Morgan fingerprint density at radius 1 is 1.15 bits per heavy atom. The molecule has 0 aromatic heterocycles. The molecule has 0 amide bonds. The topological polar surface area (TPSA) is 88.1 Å². The van der Waals surface area contributed by atoms with E-state index in [0.717, 1.165) is 11.6 Å². The molecule has 7 nitrogen and oxygen atoms in total. The number of hydrogen-bond donors (Lipinski definition) is 0. The molecule has 0 bridgehead atoms. The molecule has 0 aromatic rings. The van der Waals surface area contributed by atoms with Crippen LogP contribution in [0.3, 0.4) is 0 Å². The number of hydrogen-bond acceptors (Lipinski definition) is 7. The van der Waals surface area contributed by atoms with E-state index in [1.807, 2.05) is 0 Å². The fraction of sp³-hybridized carbons (Fsp3) is 0.579. The fourth-order valence-corrected chi connectivity index (χ4v) is 4.09. The summed E-state index contributed by atoms with van der Waals surface area (Å²) in [5.74, 6) is -1.31. The Kier molecular flexibility index (Phi) is 8.21. The van der Waals surface area contributed by atoms with Crippen molar-refractivity contribution < 1.29 is 33.3 Å². The van der Waals surface area contributed by atoms with Crippen LogP contribution in [0.1, 0.15) is 20.8 Å². The third-order valence-electron chi connectivity index (χ3n) is 3.54. The summed E-state index contributed by atoms with van der Waals surface area (Å²) in [5, 5.41) is 0. The average molecular weight is 397 g/mol. The predicted molar refractivity (Wildman–Crippen MR) is 102 cm³/mol. The SMILES string of the molecule is C=C=C(C[Si](C)(C)C)[C@H]1OC(COC(C)=O)[C@@H](OC(C)=O)C=C1OC(C)=O. The van der Waals surface area contributed by atoms with Crippen molar-refractivity contribution in [2.75, 3.05) is 6.61 Å². The van der Waals surface area contributed by atoms with Crippen molar-refractivity contribution in [1.82, 2.24) is 0 Å². The molecule has 0 spiro atoms. The lowest BCUT2D eigenvalue weighted by atomic mass is 10.0. The molecule has 8 heteroatoms. The molecule has 1 rings (SSSR count). The van der Waals surface area contributed by atoms with Crippen molar-refractivity contribution >= 4 is 26.0 Å². The second-order valence-electron chi connectivity index (χ2n) is 7.53. The van der Waals surface area contributed by atoms with Crippen molar-refractivity contribution in [3.63, 3.8) is 0 Å². The maximum Gasteiger partial charge on any atom is 0.307 e. The van der Waals surface area contributed by atoms with Crippen LogP contribution in [0.4, 0.5) is 0 Å². The van der Waals surface area contributed by atoms with Crippen molar-refractivity contribution in [3.8, 4) is 0 Å².